The minimum atomic E-state index is -1.42. The highest BCUT2D eigenvalue weighted by Crippen LogP contribution is 2.26. The molecule has 0 aliphatic carbocycles. The lowest BCUT2D eigenvalue weighted by Crippen LogP contribution is -2.41. The summed E-state index contributed by atoms with van der Waals surface area (Å²) in [5, 5.41) is 9.01. The van der Waals surface area contributed by atoms with Crippen LogP contribution < -0.4 is 0 Å². The summed E-state index contributed by atoms with van der Waals surface area (Å²) in [6, 6.07) is 3.38. The molecule has 1 aromatic rings. The van der Waals surface area contributed by atoms with E-state index in [1.165, 1.54) is 19.9 Å². The average Bonchev–Trinajstić information content (AvgIpc) is 2.33. The van der Waals surface area contributed by atoms with Gasteiger partial charge in [0, 0.05) is 19.4 Å². The first-order valence-electron chi connectivity index (χ1n) is 5.91. The van der Waals surface area contributed by atoms with E-state index in [0.29, 0.717) is 0 Å². The van der Waals surface area contributed by atoms with E-state index in [-0.39, 0.29) is 5.56 Å². The van der Waals surface area contributed by atoms with Crippen molar-refractivity contribution in [3.63, 3.8) is 0 Å². The molecule has 2 rings (SSSR count). The first-order valence-corrected chi connectivity index (χ1v) is 5.91. The number of hydrogen-bond donors (Lipinski definition) is 1. The molecule has 1 saturated heterocycles. The van der Waals surface area contributed by atoms with E-state index in [0.717, 1.165) is 18.2 Å². The maximum absolute atomic E-state index is 13.8. The number of benzene rings is 1. The molecule has 7 heteroatoms. The Bertz CT molecular complexity index is 652. The standard InChI is InChI=1S/C14H11FO6/c1-14(2)20-12(18)9(13(19)21-14)6-8-7(11(16)17)4-3-5-10(8)15/h3-6H,1-2H3,(H,16,17). The van der Waals surface area contributed by atoms with Gasteiger partial charge in [-0.2, -0.15) is 0 Å². The maximum atomic E-state index is 13.8. The van der Waals surface area contributed by atoms with E-state index in [4.69, 9.17) is 14.6 Å². The van der Waals surface area contributed by atoms with Crippen LogP contribution in [0, 0.1) is 5.82 Å². The summed E-state index contributed by atoms with van der Waals surface area (Å²) in [7, 11) is 0. The second kappa shape index (κ2) is 5.01. The summed E-state index contributed by atoms with van der Waals surface area (Å²) in [6.07, 6.45) is 0.818. The van der Waals surface area contributed by atoms with E-state index in [1.807, 2.05) is 0 Å². The molecular weight excluding hydrogens is 283 g/mol. The number of halogens is 1. The van der Waals surface area contributed by atoms with Gasteiger partial charge in [0.15, 0.2) is 0 Å². The normalized spacial score (nSPS) is 17.0. The monoisotopic (exact) mass is 294 g/mol. The van der Waals surface area contributed by atoms with E-state index in [9.17, 15) is 18.8 Å². The molecule has 6 nitrogen and oxygen atoms in total. The van der Waals surface area contributed by atoms with Crippen molar-refractivity contribution in [1.82, 2.24) is 0 Å². The average molecular weight is 294 g/mol. The van der Waals surface area contributed by atoms with Crippen molar-refractivity contribution in [2.75, 3.05) is 0 Å². The number of aromatic carboxylic acids is 1. The molecule has 1 N–H and O–H groups in total. The Balaban J connectivity index is 2.52. The van der Waals surface area contributed by atoms with E-state index < -0.39 is 40.6 Å². The lowest BCUT2D eigenvalue weighted by molar-refractivity contribution is -0.222. The van der Waals surface area contributed by atoms with Crippen LogP contribution in [0.25, 0.3) is 6.08 Å². The van der Waals surface area contributed by atoms with Crippen LogP contribution in [0.5, 0.6) is 0 Å². The van der Waals surface area contributed by atoms with Crippen LogP contribution in [0.1, 0.15) is 29.8 Å². The number of esters is 2. The van der Waals surface area contributed by atoms with Gasteiger partial charge in [0.25, 0.3) is 5.79 Å². The highest BCUT2D eigenvalue weighted by molar-refractivity contribution is 6.19. The molecule has 1 fully saturated rings. The van der Waals surface area contributed by atoms with Gasteiger partial charge in [-0.25, -0.2) is 18.8 Å². The van der Waals surface area contributed by atoms with Crippen LogP contribution in [0.2, 0.25) is 0 Å². The fourth-order valence-electron chi connectivity index (χ4n) is 1.79. The molecule has 1 aliphatic heterocycles. The molecular formula is C14H11FO6. The number of carbonyl (C=O) groups excluding carboxylic acids is 2. The zero-order valence-corrected chi connectivity index (χ0v) is 11.2. The van der Waals surface area contributed by atoms with Crippen molar-refractivity contribution < 1.29 is 33.4 Å². The summed E-state index contributed by atoms with van der Waals surface area (Å²) in [5.41, 5.74) is -1.34. The minimum Gasteiger partial charge on any atom is -0.478 e. The second-order valence-corrected chi connectivity index (χ2v) is 4.74. The lowest BCUT2D eigenvalue weighted by Gasteiger charge is -2.29. The molecule has 1 aliphatic rings. The van der Waals surface area contributed by atoms with Crippen molar-refractivity contribution in [2.24, 2.45) is 0 Å². The Hall–Kier alpha value is -2.70. The first kappa shape index (κ1) is 14.7. The topological polar surface area (TPSA) is 89.9 Å². The second-order valence-electron chi connectivity index (χ2n) is 4.74. The molecule has 0 spiro atoms. The lowest BCUT2D eigenvalue weighted by atomic mass is 10.0. The number of carboxylic acids is 1. The predicted octanol–water partition coefficient (Wildman–Crippen LogP) is 1.74. The van der Waals surface area contributed by atoms with Crippen molar-refractivity contribution in [2.45, 2.75) is 19.6 Å². The van der Waals surface area contributed by atoms with Gasteiger partial charge in [-0.1, -0.05) is 6.07 Å². The number of carboxylic acid groups (broad SMARTS) is 1. The number of cyclic esters (lactones) is 2. The SMILES string of the molecule is CC1(C)OC(=O)C(=Cc2c(F)cccc2C(=O)O)C(=O)O1. The molecule has 0 bridgehead atoms. The molecule has 0 saturated carbocycles. The zero-order valence-electron chi connectivity index (χ0n) is 11.2. The van der Waals surface area contributed by atoms with Gasteiger partial charge in [-0.3, -0.25) is 0 Å². The number of carbonyl (C=O) groups is 3. The molecule has 21 heavy (non-hydrogen) atoms. The van der Waals surface area contributed by atoms with E-state index in [1.54, 1.807) is 0 Å². The molecule has 110 valence electrons. The van der Waals surface area contributed by atoms with Gasteiger partial charge in [0.1, 0.15) is 11.4 Å². The van der Waals surface area contributed by atoms with Crippen molar-refractivity contribution in [3.8, 4) is 0 Å². The molecule has 0 radical (unpaired) electrons. The third-order valence-electron chi connectivity index (χ3n) is 2.69. The minimum absolute atomic E-state index is 0.382. The highest BCUT2D eigenvalue weighted by Gasteiger charge is 2.39. The fraction of sp³-hybridized carbons (Fsp3) is 0.214. The van der Waals surface area contributed by atoms with Gasteiger partial charge in [-0.15, -0.1) is 0 Å². The molecule has 0 unspecified atom stereocenters. The maximum Gasteiger partial charge on any atom is 0.348 e. The van der Waals surface area contributed by atoms with Gasteiger partial charge in [-0.05, 0) is 18.2 Å². The Kier molecular flexibility index (Phi) is 3.51. The summed E-state index contributed by atoms with van der Waals surface area (Å²) >= 11 is 0. The zero-order chi connectivity index (χ0) is 15.8. The third kappa shape index (κ3) is 2.91. The highest BCUT2D eigenvalue weighted by atomic mass is 19.1. The van der Waals surface area contributed by atoms with Gasteiger partial charge < -0.3 is 14.6 Å². The first-order chi connectivity index (χ1) is 9.71. The fourth-order valence-corrected chi connectivity index (χ4v) is 1.79. The van der Waals surface area contributed by atoms with Crippen LogP contribution in [-0.4, -0.2) is 28.8 Å². The summed E-state index contributed by atoms with van der Waals surface area (Å²) in [4.78, 5) is 34.6. The van der Waals surface area contributed by atoms with E-state index in [2.05, 4.69) is 0 Å². The molecule has 0 aromatic heterocycles. The summed E-state index contributed by atoms with van der Waals surface area (Å²) in [6.45, 7) is 2.73. The summed E-state index contributed by atoms with van der Waals surface area (Å²) in [5.74, 6) is -5.70. The van der Waals surface area contributed by atoms with Crippen molar-refractivity contribution in [1.29, 1.82) is 0 Å². The van der Waals surface area contributed by atoms with Crippen LogP contribution >= 0.6 is 0 Å². The Morgan fingerprint density at radius 3 is 2.33 bits per heavy atom. The third-order valence-corrected chi connectivity index (χ3v) is 2.69. The molecule has 0 amide bonds. The van der Waals surface area contributed by atoms with Gasteiger partial charge in [0.2, 0.25) is 0 Å². The molecule has 1 aromatic carbocycles. The number of rotatable bonds is 2. The van der Waals surface area contributed by atoms with Gasteiger partial charge >= 0.3 is 17.9 Å². The predicted molar refractivity (Wildman–Crippen MR) is 67.6 cm³/mol. The molecule has 1 heterocycles. The van der Waals surface area contributed by atoms with Crippen molar-refractivity contribution >= 4 is 24.0 Å². The Morgan fingerprint density at radius 2 is 1.81 bits per heavy atom. The van der Waals surface area contributed by atoms with E-state index >= 15 is 0 Å². The largest absolute Gasteiger partial charge is 0.478 e. The van der Waals surface area contributed by atoms with Crippen LogP contribution in [0.4, 0.5) is 4.39 Å². The van der Waals surface area contributed by atoms with Crippen LogP contribution in [0.3, 0.4) is 0 Å². The van der Waals surface area contributed by atoms with Gasteiger partial charge in [0.05, 0.1) is 5.56 Å². The summed E-state index contributed by atoms with van der Waals surface area (Å²) < 4.78 is 23.5. The number of hydrogen-bond acceptors (Lipinski definition) is 5. The van der Waals surface area contributed by atoms with Crippen LogP contribution in [-0.2, 0) is 19.1 Å². The van der Waals surface area contributed by atoms with Crippen LogP contribution in [0.15, 0.2) is 23.8 Å². The molecule has 0 atom stereocenters. The Labute approximate surface area is 118 Å². The van der Waals surface area contributed by atoms with Crippen molar-refractivity contribution in [3.05, 3.63) is 40.7 Å². The Morgan fingerprint density at radius 1 is 1.24 bits per heavy atom. The smallest absolute Gasteiger partial charge is 0.348 e. The number of ether oxygens (including phenoxy) is 2. The quantitative estimate of drug-likeness (QED) is 0.507.